The molecule has 2 N–H and O–H groups in total. The molecule has 1 aromatic carbocycles. The van der Waals surface area contributed by atoms with Crippen LogP contribution in [0.3, 0.4) is 0 Å². The number of carbonyl (C=O) groups is 1. The number of nitrogens with zero attached hydrogens (tertiary/aromatic N) is 2. The van der Waals surface area contributed by atoms with Crippen LogP contribution >= 0.6 is 11.3 Å². The van der Waals surface area contributed by atoms with Gasteiger partial charge in [-0.15, -0.1) is 11.3 Å². The largest absolute Gasteiger partial charge is 0.365 e. The number of hydrogen-bond acceptors (Lipinski definition) is 4. The summed E-state index contributed by atoms with van der Waals surface area (Å²) in [7, 11) is 0. The maximum atomic E-state index is 13.9. The number of nitrogens with one attached hydrogen (secondary N) is 2. The number of thiazole rings is 1. The molecule has 0 saturated carbocycles. The van der Waals surface area contributed by atoms with Crippen molar-refractivity contribution in [2.75, 3.05) is 18.0 Å². The Morgan fingerprint density at radius 3 is 2.65 bits per heavy atom. The van der Waals surface area contributed by atoms with E-state index < -0.39 is 17.2 Å². The normalized spacial score (nSPS) is 17.4. The summed E-state index contributed by atoms with van der Waals surface area (Å²) in [6.45, 7) is 6.53. The number of anilines is 1. The monoisotopic (exact) mass is 380 g/mol. The Kier molecular flexibility index (Phi) is 5.13. The number of aromatic nitrogens is 1. The fraction of sp³-hybridized carbons (Fsp3) is 0.444. The molecule has 8 heteroatoms. The molecular formula is C18H22F2N4OS. The Hall–Kier alpha value is -2.22. The van der Waals surface area contributed by atoms with Crippen molar-refractivity contribution in [2.45, 2.75) is 38.8 Å². The van der Waals surface area contributed by atoms with Gasteiger partial charge in [-0.25, -0.2) is 18.6 Å². The molecule has 2 heterocycles. The lowest BCUT2D eigenvalue weighted by Crippen LogP contribution is -2.50. The van der Waals surface area contributed by atoms with E-state index in [-0.39, 0.29) is 17.8 Å². The molecule has 0 aliphatic carbocycles. The average molecular weight is 380 g/mol. The topological polar surface area (TPSA) is 57.3 Å². The molecule has 1 aromatic heterocycles. The molecule has 0 spiro atoms. The van der Waals surface area contributed by atoms with E-state index in [0.29, 0.717) is 19.5 Å². The summed E-state index contributed by atoms with van der Waals surface area (Å²) in [4.78, 5) is 18.4. The van der Waals surface area contributed by atoms with Gasteiger partial charge in [-0.05, 0) is 39.3 Å². The standard InChI is InChI=1S/C18H22F2N4OS/c1-11-10-26-16(21-11)18(2,3)23-17(25)22-12-7-8-24(9-12)15-13(19)5-4-6-14(15)20/h4-6,10,12H,7-9H2,1-3H3,(H2,22,23,25). The van der Waals surface area contributed by atoms with Gasteiger partial charge in [-0.2, -0.15) is 0 Å². The molecule has 1 aliphatic rings. The Morgan fingerprint density at radius 1 is 1.35 bits per heavy atom. The highest BCUT2D eigenvalue weighted by Gasteiger charge is 2.30. The first-order chi connectivity index (χ1) is 12.3. The van der Waals surface area contributed by atoms with Gasteiger partial charge in [0, 0.05) is 30.2 Å². The fourth-order valence-corrected chi connectivity index (χ4v) is 3.95. The van der Waals surface area contributed by atoms with Gasteiger partial charge in [0.25, 0.3) is 0 Å². The predicted molar refractivity (Wildman–Crippen MR) is 98.5 cm³/mol. The molecule has 2 aromatic rings. The van der Waals surface area contributed by atoms with Crippen LogP contribution in [-0.2, 0) is 5.54 Å². The van der Waals surface area contributed by atoms with E-state index in [0.717, 1.165) is 10.7 Å². The van der Waals surface area contributed by atoms with Crippen molar-refractivity contribution in [2.24, 2.45) is 0 Å². The SMILES string of the molecule is Cc1csc(C(C)(C)NC(=O)NC2CCN(c3c(F)cccc3F)C2)n1. The molecule has 1 atom stereocenters. The van der Waals surface area contributed by atoms with Crippen molar-refractivity contribution in [3.05, 3.63) is 45.9 Å². The lowest BCUT2D eigenvalue weighted by atomic mass is 10.1. The summed E-state index contributed by atoms with van der Waals surface area (Å²) in [5.41, 5.74) is 0.285. The predicted octanol–water partition coefficient (Wildman–Crippen LogP) is 3.54. The number of urea groups is 1. The molecule has 1 unspecified atom stereocenters. The highest BCUT2D eigenvalue weighted by Crippen LogP contribution is 2.27. The average Bonchev–Trinajstić information content (AvgIpc) is 3.16. The van der Waals surface area contributed by atoms with Crippen LogP contribution in [0.2, 0.25) is 0 Å². The molecule has 1 fully saturated rings. The molecule has 2 amide bonds. The van der Waals surface area contributed by atoms with Crippen LogP contribution in [0.1, 0.15) is 31.0 Å². The second-order valence-corrected chi connectivity index (χ2v) is 7.88. The molecule has 3 rings (SSSR count). The summed E-state index contributed by atoms with van der Waals surface area (Å²) in [6, 6.07) is 3.33. The molecule has 0 radical (unpaired) electrons. The minimum Gasteiger partial charge on any atom is -0.365 e. The van der Waals surface area contributed by atoms with Crippen LogP contribution in [-0.4, -0.2) is 30.1 Å². The first-order valence-electron chi connectivity index (χ1n) is 8.46. The van der Waals surface area contributed by atoms with Crippen LogP contribution < -0.4 is 15.5 Å². The minimum atomic E-state index is -0.598. The van der Waals surface area contributed by atoms with Gasteiger partial charge in [0.15, 0.2) is 0 Å². The smallest absolute Gasteiger partial charge is 0.315 e. The summed E-state index contributed by atoms with van der Waals surface area (Å²) in [5, 5.41) is 8.58. The Labute approximate surface area is 155 Å². The number of hydrogen-bond donors (Lipinski definition) is 2. The van der Waals surface area contributed by atoms with E-state index >= 15 is 0 Å². The van der Waals surface area contributed by atoms with Gasteiger partial charge in [0.05, 0.1) is 5.54 Å². The van der Waals surface area contributed by atoms with Crippen LogP contribution in [0.5, 0.6) is 0 Å². The molecule has 1 saturated heterocycles. The first-order valence-corrected chi connectivity index (χ1v) is 9.34. The lowest BCUT2D eigenvalue weighted by Gasteiger charge is -2.25. The van der Waals surface area contributed by atoms with Crippen molar-refractivity contribution < 1.29 is 13.6 Å². The number of rotatable bonds is 4. The zero-order valence-corrected chi connectivity index (χ0v) is 15.8. The summed E-state index contributed by atoms with van der Waals surface area (Å²) in [6.07, 6.45) is 0.623. The van der Waals surface area contributed by atoms with E-state index in [1.165, 1.54) is 29.5 Å². The Morgan fingerprint density at radius 2 is 2.04 bits per heavy atom. The molecule has 1 aliphatic heterocycles. The highest BCUT2D eigenvalue weighted by atomic mass is 32.1. The van der Waals surface area contributed by atoms with Gasteiger partial charge in [0.2, 0.25) is 0 Å². The second-order valence-electron chi connectivity index (χ2n) is 7.02. The maximum absolute atomic E-state index is 13.9. The third-order valence-corrected chi connectivity index (χ3v) is 5.64. The van der Waals surface area contributed by atoms with E-state index in [1.54, 1.807) is 4.90 Å². The fourth-order valence-electron chi connectivity index (χ4n) is 3.07. The Balaban J connectivity index is 1.59. The zero-order valence-electron chi connectivity index (χ0n) is 15.0. The van der Waals surface area contributed by atoms with Crippen LogP contribution in [0.25, 0.3) is 0 Å². The van der Waals surface area contributed by atoms with E-state index in [4.69, 9.17) is 0 Å². The summed E-state index contributed by atoms with van der Waals surface area (Å²) < 4.78 is 27.8. The van der Waals surface area contributed by atoms with E-state index in [1.807, 2.05) is 26.2 Å². The van der Waals surface area contributed by atoms with Gasteiger partial charge < -0.3 is 15.5 Å². The number of carbonyl (C=O) groups excluding carboxylic acids is 1. The quantitative estimate of drug-likeness (QED) is 0.853. The Bertz CT molecular complexity index is 788. The van der Waals surface area contributed by atoms with E-state index in [9.17, 15) is 13.6 Å². The van der Waals surface area contributed by atoms with Crippen LogP contribution in [0.4, 0.5) is 19.3 Å². The van der Waals surface area contributed by atoms with Gasteiger partial charge in [0.1, 0.15) is 22.3 Å². The van der Waals surface area contributed by atoms with Crippen LogP contribution in [0, 0.1) is 18.6 Å². The molecule has 5 nitrogen and oxygen atoms in total. The van der Waals surface area contributed by atoms with E-state index in [2.05, 4.69) is 15.6 Å². The minimum absolute atomic E-state index is 0.0317. The third kappa shape index (κ3) is 3.95. The van der Waals surface area contributed by atoms with Crippen molar-refractivity contribution in [1.82, 2.24) is 15.6 Å². The number of para-hydroxylation sites is 1. The second kappa shape index (κ2) is 7.19. The summed E-state index contributed by atoms with van der Waals surface area (Å²) >= 11 is 1.50. The number of halogens is 2. The first kappa shape index (κ1) is 18.6. The van der Waals surface area contributed by atoms with Crippen molar-refractivity contribution >= 4 is 23.1 Å². The summed E-state index contributed by atoms with van der Waals surface area (Å²) in [5.74, 6) is -1.18. The van der Waals surface area contributed by atoms with Gasteiger partial charge in [-0.1, -0.05) is 6.07 Å². The van der Waals surface area contributed by atoms with Gasteiger partial charge in [-0.3, -0.25) is 0 Å². The van der Waals surface area contributed by atoms with Gasteiger partial charge >= 0.3 is 6.03 Å². The third-order valence-electron chi connectivity index (χ3n) is 4.36. The lowest BCUT2D eigenvalue weighted by molar-refractivity contribution is 0.227. The highest BCUT2D eigenvalue weighted by molar-refractivity contribution is 7.09. The van der Waals surface area contributed by atoms with Crippen molar-refractivity contribution in [1.29, 1.82) is 0 Å². The van der Waals surface area contributed by atoms with Crippen molar-refractivity contribution in [3.63, 3.8) is 0 Å². The molecule has 140 valence electrons. The molecular weight excluding hydrogens is 358 g/mol. The number of benzene rings is 1. The maximum Gasteiger partial charge on any atom is 0.315 e. The van der Waals surface area contributed by atoms with Crippen LogP contribution in [0.15, 0.2) is 23.6 Å². The molecule has 0 bridgehead atoms. The number of amides is 2. The van der Waals surface area contributed by atoms with Crippen molar-refractivity contribution in [3.8, 4) is 0 Å². The zero-order chi connectivity index (χ0) is 18.9. The molecule has 26 heavy (non-hydrogen) atoms. The number of aryl methyl sites for hydroxylation is 1.